The summed E-state index contributed by atoms with van der Waals surface area (Å²) in [4.78, 5) is 13.6. The first kappa shape index (κ1) is 16.3. The van der Waals surface area contributed by atoms with Gasteiger partial charge in [0.15, 0.2) is 9.84 Å². The van der Waals surface area contributed by atoms with Gasteiger partial charge < -0.3 is 4.90 Å². The first-order valence-corrected chi connectivity index (χ1v) is 9.29. The fourth-order valence-corrected chi connectivity index (χ4v) is 4.80. The zero-order valence-corrected chi connectivity index (χ0v) is 13.7. The lowest BCUT2D eigenvalue weighted by atomic mass is 10.1. The third kappa shape index (κ3) is 3.77. The summed E-state index contributed by atoms with van der Waals surface area (Å²) in [6, 6.07) is 7.04. The van der Waals surface area contributed by atoms with E-state index in [2.05, 4.69) is 0 Å². The van der Waals surface area contributed by atoms with E-state index in [0.717, 1.165) is 6.42 Å². The van der Waals surface area contributed by atoms with Crippen molar-refractivity contribution in [3.05, 3.63) is 34.9 Å². The van der Waals surface area contributed by atoms with Crippen molar-refractivity contribution in [1.82, 2.24) is 4.90 Å². The average Bonchev–Trinajstić information content (AvgIpc) is 2.58. The normalized spacial score (nSPS) is 21.8. The lowest BCUT2D eigenvalue weighted by Gasteiger charge is -2.19. The zero-order chi connectivity index (χ0) is 15.5. The maximum atomic E-state index is 12.5. The highest BCUT2D eigenvalue weighted by molar-refractivity contribution is 7.91. The fourth-order valence-electron chi connectivity index (χ4n) is 2.65. The summed E-state index contributed by atoms with van der Waals surface area (Å²) in [5, 5.41) is -0.148. The van der Waals surface area contributed by atoms with Crippen LogP contribution in [0, 0.1) is 0 Å². The number of halogens is 1. The van der Waals surface area contributed by atoms with Gasteiger partial charge >= 0.3 is 0 Å². The maximum absolute atomic E-state index is 12.5. The van der Waals surface area contributed by atoms with Crippen LogP contribution in [-0.2, 0) is 14.6 Å². The molecule has 6 heteroatoms. The van der Waals surface area contributed by atoms with Crippen molar-refractivity contribution in [2.75, 3.05) is 18.8 Å². The third-order valence-corrected chi connectivity index (χ3v) is 6.26. The highest BCUT2D eigenvalue weighted by Gasteiger charge is 2.33. The minimum Gasteiger partial charge on any atom is -0.342 e. The Kier molecular flexibility index (Phi) is 5.27. The summed E-state index contributed by atoms with van der Waals surface area (Å²) in [5.41, 5.74) is 0.643. The van der Waals surface area contributed by atoms with Gasteiger partial charge in [0.05, 0.1) is 11.0 Å². The van der Waals surface area contributed by atoms with Gasteiger partial charge in [-0.05, 0) is 24.5 Å². The molecule has 1 amide bonds. The Morgan fingerprint density at radius 1 is 1.33 bits per heavy atom. The highest BCUT2D eigenvalue weighted by Crippen LogP contribution is 2.33. The number of benzene rings is 1. The van der Waals surface area contributed by atoms with Gasteiger partial charge in [0, 0.05) is 24.5 Å². The van der Waals surface area contributed by atoms with Crippen LogP contribution in [0.5, 0.6) is 0 Å². The number of carbonyl (C=O) groups is 1. The maximum Gasteiger partial charge on any atom is 0.222 e. The summed E-state index contributed by atoms with van der Waals surface area (Å²) in [6.07, 6.45) is 1.65. The first-order chi connectivity index (χ1) is 9.95. The third-order valence-electron chi connectivity index (χ3n) is 3.81. The number of carbonyl (C=O) groups excluding carboxylic acids is 1. The van der Waals surface area contributed by atoms with Crippen LogP contribution >= 0.6 is 11.6 Å². The van der Waals surface area contributed by atoms with E-state index in [1.807, 2.05) is 6.92 Å². The van der Waals surface area contributed by atoms with Gasteiger partial charge in [0.25, 0.3) is 0 Å². The number of hydrogen-bond donors (Lipinski definition) is 0. The Hall–Kier alpha value is -1.07. The molecule has 0 aliphatic carbocycles. The van der Waals surface area contributed by atoms with Crippen LogP contribution in [0.1, 0.15) is 37.0 Å². The molecule has 1 aromatic carbocycles. The lowest BCUT2D eigenvalue weighted by molar-refractivity contribution is -0.131. The van der Waals surface area contributed by atoms with Gasteiger partial charge in [0.1, 0.15) is 0 Å². The smallest absolute Gasteiger partial charge is 0.222 e. The van der Waals surface area contributed by atoms with Gasteiger partial charge in [-0.15, -0.1) is 0 Å². The molecular weight excluding hydrogens is 310 g/mol. The molecule has 1 aliphatic heterocycles. The van der Waals surface area contributed by atoms with Crippen LogP contribution < -0.4 is 0 Å². The molecule has 0 saturated carbocycles. The number of hydrogen-bond acceptors (Lipinski definition) is 3. The molecule has 21 heavy (non-hydrogen) atoms. The van der Waals surface area contributed by atoms with E-state index in [4.69, 9.17) is 11.6 Å². The monoisotopic (exact) mass is 329 g/mol. The SMILES string of the molecule is CCCC(=O)N1CCC(c2ccccc2Cl)S(=O)(=O)CC1. The molecule has 1 aromatic rings. The summed E-state index contributed by atoms with van der Waals surface area (Å²) in [6.45, 7) is 2.69. The quantitative estimate of drug-likeness (QED) is 0.856. The van der Waals surface area contributed by atoms with E-state index in [-0.39, 0.29) is 18.2 Å². The molecule has 4 nitrogen and oxygen atoms in total. The van der Waals surface area contributed by atoms with Crippen molar-refractivity contribution in [3.63, 3.8) is 0 Å². The zero-order valence-electron chi connectivity index (χ0n) is 12.1. The standard InChI is InChI=1S/C15H20ClNO3S/c1-2-5-15(18)17-9-8-14(21(19,20)11-10-17)12-6-3-4-7-13(12)16/h3-4,6-7,14H,2,5,8-11H2,1H3. The molecule has 1 fully saturated rings. The molecule has 0 radical (unpaired) electrons. The Morgan fingerprint density at radius 2 is 2.05 bits per heavy atom. The summed E-state index contributed by atoms with van der Waals surface area (Å²) in [7, 11) is -3.30. The van der Waals surface area contributed by atoms with Crippen molar-refractivity contribution < 1.29 is 13.2 Å². The average molecular weight is 330 g/mol. The molecule has 1 atom stereocenters. The van der Waals surface area contributed by atoms with E-state index in [1.54, 1.807) is 29.2 Å². The Bertz CT molecular complexity index is 615. The number of rotatable bonds is 3. The van der Waals surface area contributed by atoms with Crippen LogP contribution in [0.3, 0.4) is 0 Å². The van der Waals surface area contributed by atoms with E-state index in [0.29, 0.717) is 30.0 Å². The molecular formula is C15H20ClNO3S. The Labute approximate surface area is 131 Å². The van der Waals surface area contributed by atoms with Gasteiger partial charge in [0.2, 0.25) is 5.91 Å². The lowest BCUT2D eigenvalue weighted by Crippen LogP contribution is -2.33. The van der Waals surface area contributed by atoms with Crippen LogP contribution in [0.15, 0.2) is 24.3 Å². The molecule has 1 aliphatic rings. The van der Waals surface area contributed by atoms with Crippen molar-refractivity contribution >= 4 is 27.3 Å². The minimum atomic E-state index is -3.30. The molecule has 0 spiro atoms. The first-order valence-electron chi connectivity index (χ1n) is 7.19. The molecule has 1 unspecified atom stereocenters. The van der Waals surface area contributed by atoms with Crippen LogP contribution in [-0.4, -0.2) is 38.1 Å². The van der Waals surface area contributed by atoms with Gasteiger partial charge in [-0.1, -0.05) is 36.7 Å². The number of amides is 1. The Balaban J connectivity index is 2.24. The van der Waals surface area contributed by atoms with E-state index < -0.39 is 15.1 Å². The van der Waals surface area contributed by atoms with Gasteiger partial charge in [-0.25, -0.2) is 8.42 Å². The fraction of sp³-hybridized carbons (Fsp3) is 0.533. The van der Waals surface area contributed by atoms with E-state index in [9.17, 15) is 13.2 Å². The number of sulfone groups is 1. The van der Waals surface area contributed by atoms with Crippen LogP contribution in [0.2, 0.25) is 5.02 Å². The van der Waals surface area contributed by atoms with Crippen molar-refractivity contribution in [2.24, 2.45) is 0 Å². The molecule has 116 valence electrons. The van der Waals surface area contributed by atoms with E-state index in [1.165, 1.54) is 0 Å². The largest absolute Gasteiger partial charge is 0.342 e. The molecule has 0 bridgehead atoms. The molecule has 0 aromatic heterocycles. The molecule has 2 rings (SSSR count). The van der Waals surface area contributed by atoms with Crippen LogP contribution in [0.25, 0.3) is 0 Å². The van der Waals surface area contributed by atoms with Gasteiger partial charge in [-0.3, -0.25) is 4.79 Å². The van der Waals surface area contributed by atoms with Crippen molar-refractivity contribution in [3.8, 4) is 0 Å². The number of nitrogens with zero attached hydrogens (tertiary/aromatic N) is 1. The summed E-state index contributed by atoms with van der Waals surface area (Å²) >= 11 is 6.14. The van der Waals surface area contributed by atoms with Crippen LogP contribution in [0.4, 0.5) is 0 Å². The highest BCUT2D eigenvalue weighted by atomic mass is 35.5. The second-order valence-corrected chi connectivity index (χ2v) is 8.01. The molecule has 0 N–H and O–H groups in total. The second-order valence-electron chi connectivity index (χ2n) is 5.30. The van der Waals surface area contributed by atoms with Crippen molar-refractivity contribution in [1.29, 1.82) is 0 Å². The minimum absolute atomic E-state index is 0.00164. The second kappa shape index (κ2) is 6.79. The topological polar surface area (TPSA) is 54.5 Å². The predicted molar refractivity (Wildman–Crippen MR) is 84.1 cm³/mol. The summed E-state index contributed by atoms with van der Waals surface area (Å²) in [5.74, 6) is 0.0331. The van der Waals surface area contributed by atoms with E-state index >= 15 is 0 Å². The predicted octanol–water partition coefficient (Wildman–Crippen LogP) is 2.83. The molecule has 1 heterocycles. The summed E-state index contributed by atoms with van der Waals surface area (Å²) < 4.78 is 25.0. The Morgan fingerprint density at radius 3 is 2.71 bits per heavy atom. The van der Waals surface area contributed by atoms with Crippen molar-refractivity contribution in [2.45, 2.75) is 31.4 Å². The van der Waals surface area contributed by atoms with Gasteiger partial charge in [-0.2, -0.15) is 0 Å². The molecule has 1 saturated heterocycles.